The van der Waals surface area contributed by atoms with E-state index in [0.29, 0.717) is 18.4 Å². The Morgan fingerprint density at radius 2 is 2.00 bits per heavy atom. The molecule has 5 nitrogen and oxygen atoms in total. The van der Waals surface area contributed by atoms with Gasteiger partial charge in [0.1, 0.15) is 0 Å². The fourth-order valence-electron chi connectivity index (χ4n) is 1.91. The summed E-state index contributed by atoms with van der Waals surface area (Å²) in [5.74, 6) is 0.353. The van der Waals surface area contributed by atoms with Gasteiger partial charge < -0.3 is 16.0 Å². The van der Waals surface area contributed by atoms with Crippen LogP contribution in [0.1, 0.15) is 25.7 Å². The third-order valence-electron chi connectivity index (χ3n) is 3.03. The molecule has 1 atom stereocenters. The highest BCUT2D eigenvalue weighted by Gasteiger charge is 2.23. The van der Waals surface area contributed by atoms with E-state index in [2.05, 4.69) is 16.0 Å². The topological polar surface area (TPSA) is 70.2 Å². The molecule has 0 spiro atoms. The molecular formula is C11H19N3O2. The highest BCUT2D eigenvalue weighted by atomic mass is 16.2. The quantitative estimate of drug-likeness (QED) is 0.584. The van der Waals surface area contributed by atoms with Crippen LogP contribution in [0.4, 0.5) is 0 Å². The lowest BCUT2D eigenvalue weighted by molar-refractivity contribution is -0.126. The van der Waals surface area contributed by atoms with Crippen LogP contribution in [0.5, 0.6) is 0 Å². The summed E-state index contributed by atoms with van der Waals surface area (Å²) in [6.07, 6.45) is 3.74. The fourth-order valence-corrected chi connectivity index (χ4v) is 1.91. The molecule has 2 aliphatic rings. The standard InChI is InChI=1S/C11H19N3O2/c15-10(5-8-3-4-12-6-8)13-7-11(16)14-9-1-2-9/h8-9,12H,1-7H2,(H,13,15)(H,14,16). The molecule has 0 bridgehead atoms. The van der Waals surface area contributed by atoms with E-state index >= 15 is 0 Å². The maximum Gasteiger partial charge on any atom is 0.239 e. The van der Waals surface area contributed by atoms with Crippen molar-refractivity contribution in [3.63, 3.8) is 0 Å². The number of carbonyl (C=O) groups excluding carboxylic acids is 2. The summed E-state index contributed by atoms with van der Waals surface area (Å²) in [6.45, 7) is 2.04. The summed E-state index contributed by atoms with van der Waals surface area (Å²) < 4.78 is 0. The van der Waals surface area contributed by atoms with E-state index in [9.17, 15) is 9.59 Å². The molecule has 1 saturated carbocycles. The van der Waals surface area contributed by atoms with Gasteiger partial charge in [0.25, 0.3) is 0 Å². The molecule has 5 heteroatoms. The van der Waals surface area contributed by atoms with Gasteiger partial charge in [-0.3, -0.25) is 9.59 Å². The SMILES string of the molecule is O=C(CC1CCNC1)NCC(=O)NC1CC1. The second-order valence-electron chi connectivity index (χ2n) is 4.68. The van der Waals surface area contributed by atoms with Gasteiger partial charge in [-0.25, -0.2) is 0 Å². The lowest BCUT2D eigenvalue weighted by Crippen LogP contribution is -2.38. The van der Waals surface area contributed by atoms with Crippen molar-refractivity contribution in [2.75, 3.05) is 19.6 Å². The lowest BCUT2D eigenvalue weighted by atomic mass is 10.0. The van der Waals surface area contributed by atoms with E-state index in [4.69, 9.17) is 0 Å². The molecule has 0 aromatic heterocycles. The maximum atomic E-state index is 11.5. The molecule has 1 saturated heterocycles. The van der Waals surface area contributed by atoms with Gasteiger partial charge in [-0.1, -0.05) is 0 Å². The van der Waals surface area contributed by atoms with Gasteiger partial charge in [-0.2, -0.15) is 0 Å². The van der Waals surface area contributed by atoms with Crippen molar-refractivity contribution in [2.45, 2.75) is 31.7 Å². The summed E-state index contributed by atoms with van der Waals surface area (Å²) in [7, 11) is 0. The molecule has 0 radical (unpaired) electrons. The molecule has 16 heavy (non-hydrogen) atoms. The van der Waals surface area contributed by atoms with Crippen molar-refractivity contribution in [1.82, 2.24) is 16.0 Å². The molecule has 90 valence electrons. The van der Waals surface area contributed by atoms with Crippen LogP contribution in [0, 0.1) is 5.92 Å². The van der Waals surface area contributed by atoms with Gasteiger partial charge in [0.2, 0.25) is 11.8 Å². The molecule has 1 aliphatic carbocycles. The predicted molar refractivity (Wildman–Crippen MR) is 59.8 cm³/mol. The molecule has 2 amide bonds. The molecule has 2 fully saturated rings. The Morgan fingerprint density at radius 3 is 2.62 bits per heavy atom. The minimum Gasteiger partial charge on any atom is -0.352 e. The van der Waals surface area contributed by atoms with Crippen LogP contribution >= 0.6 is 0 Å². The van der Waals surface area contributed by atoms with Crippen molar-refractivity contribution in [1.29, 1.82) is 0 Å². The highest BCUT2D eigenvalue weighted by molar-refractivity contribution is 5.85. The summed E-state index contributed by atoms with van der Waals surface area (Å²) in [6, 6.07) is 0.364. The summed E-state index contributed by atoms with van der Waals surface area (Å²) in [5, 5.41) is 8.72. The van der Waals surface area contributed by atoms with Crippen molar-refractivity contribution < 1.29 is 9.59 Å². The van der Waals surface area contributed by atoms with Gasteiger partial charge in [0.15, 0.2) is 0 Å². The van der Waals surface area contributed by atoms with Crippen molar-refractivity contribution >= 4 is 11.8 Å². The molecule has 1 unspecified atom stereocenters. The Bertz CT molecular complexity index is 270. The van der Waals surface area contributed by atoms with E-state index in [1.54, 1.807) is 0 Å². The summed E-state index contributed by atoms with van der Waals surface area (Å²) >= 11 is 0. The first-order valence-electron chi connectivity index (χ1n) is 6.01. The van der Waals surface area contributed by atoms with Crippen molar-refractivity contribution in [2.24, 2.45) is 5.92 Å². The van der Waals surface area contributed by atoms with Gasteiger partial charge in [-0.15, -0.1) is 0 Å². The van der Waals surface area contributed by atoms with Gasteiger partial charge in [0, 0.05) is 12.5 Å². The van der Waals surface area contributed by atoms with Crippen LogP contribution in [0.2, 0.25) is 0 Å². The first kappa shape index (κ1) is 11.4. The van der Waals surface area contributed by atoms with Gasteiger partial charge in [0.05, 0.1) is 6.54 Å². The van der Waals surface area contributed by atoms with E-state index < -0.39 is 0 Å². The largest absolute Gasteiger partial charge is 0.352 e. The minimum atomic E-state index is -0.0691. The second-order valence-corrected chi connectivity index (χ2v) is 4.68. The Balaban J connectivity index is 1.57. The molecule has 2 rings (SSSR count). The Morgan fingerprint density at radius 1 is 1.19 bits per heavy atom. The zero-order valence-electron chi connectivity index (χ0n) is 9.42. The first-order chi connectivity index (χ1) is 7.74. The number of rotatable bonds is 5. The molecule has 1 heterocycles. The molecule has 1 aliphatic heterocycles. The smallest absolute Gasteiger partial charge is 0.239 e. The van der Waals surface area contributed by atoms with Crippen LogP contribution in [0.3, 0.4) is 0 Å². The summed E-state index contributed by atoms with van der Waals surface area (Å²) in [5.41, 5.74) is 0. The lowest BCUT2D eigenvalue weighted by Gasteiger charge is -2.09. The monoisotopic (exact) mass is 225 g/mol. The number of nitrogens with one attached hydrogen (secondary N) is 3. The predicted octanol–water partition coefficient (Wildman–Crippen LogP) is -0.619. The van der Waals surface area contributed by atoms with E-state index in [1.165, 1.54) is 0 Å². The Kier molecular flexibility index (Phi) is 3.77. The average molecular weight is 225 g/mol. The van der Waals surface area contributed by atoms with Crippen molar-refractivity contribution in [3.05, 3.63) is 0 Å². The third-order valence-corrected chi connectivity index (χ3v) is 3.03. The normalized spacial score (nSPS) is 24.1. The Labute approximate surface area is 95.3 Å². The Hall–Kier alpha value is -1.10. The van der Waals surface area contributed by atoms with E-state index in [-0.39, 0.29) is 18.4 Å². The molecule has 0 aromatic carbocycles. The van der Waals surface area contributed by atoms with Gasteiger partial charge in [-0.05, 0) is 38.3 Å². The third kappa shape index (κ3) is 3.81. The van der Waals surface area contributed by atoms with Crippen molar-refractivity contribution in [3.8, 4) is 0 Å². The number of amides is 2. The minimum absolute atomic E-state index is 0.0142. The average Bonchev–Trinajstić information content (AvgIpc) is 2.91. The molecule has 0 aromatic rings. The van der Waals surface area contributed by atoms with Crippen LogP contribution in [-0.4, -0.2) is 37.5 Å². The van der Waals surface area contributed by atoms with Crippen LogP contribution in [-0.2, 0) is 9.59 Å². The first-order valence-corrected chi connectivity index (χ1v) is 6.01. The van der Waals surface area contributed by atoms with E-state index in [1.807, 2.05) is 0 Å². The fraction of sp³-hybridized carbons (Fsp3) is 0.818. The second kappa shape index (κ2) is 5.30. The maximum absolute atomic E-state index is 11.5. The number of hydrogen-bond acceptors (Lipinski definition) is 3. The van der Waals surface area contributed by atoms with Gasteiger partial charge >= 0.3 is 0 Å². The van der Waals surface area contributed by atoms with Crippen LogP contribution < -0.4 is 16.0 Å². The molecule has 3 N–H and O–H groups in total. The zero-order valence-corrected chi connectivity index (χ0v) is 9.42. The number of carbonyl (C=O) groups is 2. The van der Waals surface area contributed by atoms with E-state index in [0.717, 1.165) is 32.4 Å². The molecular weight excluding hydrogens is 206 g/mol. The van der Waals surface area contributed by atoms with Crippen LogP contribution in [0.25, 0.3) is 0 Å². The summed E-state index contributed by atoms with van der Waals surface area (Å²) in [4.78, 5) is 22.8. The highest BCUT2D eigenvalue weighted by Crippen LogP contribution is 2.18. The zero-order chi connectivity index (χ0) is 11.4. The number of hydrogen-bond donors (Lipinski definition) is 3. The van der Waals surface area contributed by atoms with Crippen LogP contribution in [0.15, 0.2) is 0 Å².